The summed E-state index contributed by atoms with van der Waals surface area (Å²) in [6.07, 6.45) is 1.48. The first-order valence-electron chi connectivity index (χ1n) is 7.06. The number of nitrogens with zero attached hydrogens (tertiary/aromatic N) is 1. The largest absolute Gasteiger partial charge is 0.478 e. The van der Waals surface area contributed by atoms with E-state index in [1.807, 2.05) is 0 Å². The van der Waals surface area contributed by atoms with Crippen molar-refractivity contribution in [3.63, 3.8) is 0 Å². The number of aromatic carboxylic acids is 1. The van der Waals surface area contributed by atoms with Crippen LogP contribution in [-0.4, -0.2) is 29.8 Å². The second kappa shape index (κ2) is 5.94. The SMILES string of the molecule is CN1C(=O)/C(=C/c2ccc(Cl)cc2)C(=O)c2cc(C(=O)O)ccc21. The van der Waals surface area contributed by atoms with Gasteiger partial charge in [-0.2, -0.15) is 0 Å². The number of carboxylic acid groups (broad SMARTS) is 1. The molecule has 0 saturated heterocycles. The highest BCUT2D eigenvalue weighted by molar-refractivity contribution is 6.36. The summed E-state index contributed by atoms with van der Waals surface area (Å²) in [7, 11) is 1.55. The van der Waals surface area contributed by atoms with Crippen molar-refractivity contribution < 1.29 is 19.5 Å². The third-order valence-corrected chi connectivity index (χ3v) is 4.06. The molecule has 6 heteroatoms. The molecule has 0 spiro atoms. The van der Waals surface area contributed by atoms with Gasteiger partial charge in [-0.15, -0.1) is 0 Å². The Morgan fingerprint density at radius 3 is 2.42 bits per heavy atom. The molecule has 3 rings (SSSR count). The minimum atomic E-state index is -1.13. The minimum Gasteiger partial charge on any atom is -0.478 e. The number of carbonyl (C=O) groups is 3. The average molecular weight is 342 g/mol. The van der Waals surface area contributed by atoms with Gasteiger partial charge in [0.15, 0.2) is 0 Å². The molecule has 1 heterocycles. The molecule has 0 atom stereocenters. The third-order valence-electron chi connectivity index (χ3n) is 3.81. The molecule has 1 amide bonds. The summed E-state index contributed by atoms with van der Waals surface area (Å²) in [5.41, 5.74) is 1.22. The molecule has 2 aromatic carbocycles. The summed E-state index contributed by atoms with van der Waals surface area (Å²) in [6, 6.07) is 10.8. The molecule has 0 fully saturated rings. The van der Waals surface area contributed by atoms with Crippen LogP contribution in [-0.2, 0) is 4.79 Å². The van der Waals surface area contributed by atoms with E-state index in [2.05, 4.69) is 0 Å². The summed E-state index contributed by atoms with van der Waals surface area (Å²) in [5.74, 6) is -2.06. The molecular formula is C18H12ClNO4. The standard InChI is InChI=1S/C18H12ClNO4/c1-20-15-7-4-11(18(23)24)9-13(15)16(21)14(17(20)22)8-10-2-5-12(19)6-3-10/h2-9H,1H3,(H,23,24)/b14-8+. The quantitative estimate of drug-likeness (QED) is 0.672. The number of carboxylic acids is 1. The van der Waals surface area contributed by atoms with Crippen LogP contribution in [0.3, 0.4) is 0 Å². The van der Waals surface area contributed by atoms with Crippen molar-refractivity contribution in [2.24, 2.45) is 0 Å². The number of fused-ring (bicyclic) bond motifs is 1. The topological polar surface area (TPSA) is 74.7 Å². The number of likely N-dealkylation sites (N-methyl/N-ethyl adjacent to an activating group) is 1. The number of carbonyl (C=O) groups excluding carboxylic acids is 2. The van der Waals surface area contributed by atoms with Crippen molar-refractivity contribution in [1.82, 2.24) is 0 Å². The fourth-order valence-electron chi connectivity index (χ4n) is 2.53. The molecule has 0 aromatic heterocycles. The van der Waals surface area contributed by atoms with Crippen LogP contribution in [0.4, 0.5) is 5.69 Å². The molecule has 0 saturated carbocycles. The van der Waals surface area contributed by atoms with Crippen molar-refractivity contribution in [3.8, 4) is 0 Å². The van der Waals surface area contributed by atoms with E-state index in [0.717, 1.165) is 0 Å². The van der Waals surface area contributed by atoms with Crippen LogP contribution in [0.5, 0.6) is 0 Å². The first kappa shape index (κ1) is 16.0. The highest BCUT2D eigenvalue weighted by Gasteiger charge is 2.33. The molecule has 0 bridgehead atoms. The first-order chi connectivity index (χ1) is 11.4. The van der Waals surface area contributed by atoms with Gasteiger partial charge in [0, 0.05) is 17.6 Å². The Morgan fingerprint density at radius 2 is 1.79 bits per heavy atom. The molecule has 0 aliphatic carbocycles. The van der Waals surface area contributed by atoms with E-state index in [1.54, 1.807) is 31.3 Å². The highest BCUT2D eigenvalue weighted by Crippen LogP contribution is 2.31. The number of amides is 1. The number of hydrogen-bond acceptors (Lipinski definition) is 3. The zero-order valence-corrected chi connectivity index (χ0v) is 13.4. The van der Waals surface area contributed by atoms with Gasteiger partial charge in [0.25, 0.3) is 5.91 Å². The van der Waals surface area contributed by atoms with Crippen LogP contribution in [0, 0.1) is 0 Å². The number of Topliss-reactive ketones (excluding diaryl/α,β-unsaturated/α-hetero) is 1. The molecule has 0 unspecified atom stereocenters. The average Bonchev–Trinajstić information content (AvgIpc) is 2.58. The molecule has 120 valence electrons. The lowest BCUT2D eigenvalue weighted by molar-refractivity contribution is -0.114. The molecule has 24 heavy (non-hydrogen) atoms. The van der Waals surface area contributed by atoms with Crippen LogP contribution in [0.25, 0.3) is 6.08 Å². The predicted molar refractivity (Wildman–Crippen MR) is 90.6 cm³/mol. The molecule has 5 nitrogen and oxygen atoms in total. The second-order valence-corrected chi connectivity index (χ2v) is 5.78. The summed E-state index contributed by atoms with van der Waals surface area (Å²) in [6.45, 7) is 0. The van der Waals surface area contributed by atoms with Crippen LogP contribution in [0.1, 0.15) is 26.3 Å². The van der Waals surface area contributed by atoms with Crippen molar-refractivity contribution in [2.75, 3.05) is 11.9 Å². The van der Waals surface area contributed by atoms with Crippen LogP contribution < -0.4 is 4.90 Å². The molecule has 1 aliphatic heterocycles. The number of hydrogen-bond donors (Lipinski definition) is 1. The summed E-state index contributed by atoms with van der Waals surface area (Å²) < 4.78 is 0. The number of rotatable bonds is 2. The lowest BCUT2D eigenvalue weighted by Crippen LogP contribution is -2.36. The van der Waals surface area contributed by atoms with E-state index >= 15 is 0 Å². The van der Waals surface area contributed by atoms with Gasteiger partial charge in [-0.05, 0) is 42.0 Å². The van der Waals surface area contributed by atoms with Crippen molar-refractivity contribution in [3.05, 3.63) is 69.8 Å². The predicted octanol–water partition coefficient (Wildman–Crippen LogP) is 3.28. The van der Waals surface area contributed by atoms with Crippen molar-refractivity contribution in [2.45, 2.75) is 0 Å². The Balaban J connectivity index is 2.12. The summed E-state index contributed by atoms with van der Waals surface area (Å²) in [5, 5.41) is 9.65. The van der Waals surface area contributed by atoms with Crippen molar-refractivity contribution in [1.29, 1.82) is 0 Å². The zero-order valence-electron chi connectivity index (χ0n) is 12.6. The van der Waals surface area contributed by atoms with Gasteiger partial charge in [0.2, 0.25) is 5.78 Å². The van der Waals surface area contributed by atoms with Gasteiger partial charge in [-0.25, -0.2) is 4.79 Å². The Morgan fingerprint density at radius 1 is 1.12 bits per heavy atom. The maximum atomic E-state index is 12.7. The van der Waals surface area contributed by atoms with Gasteiger partial charge in [0.1, 0.15) is 0 Å². The molecular weight excluding hydrogens is 330 g/mol. The minimum absolute atomic E-state index is 0.00399. The van der Waals surface area contributed by atoms with Crippen LogP contribution in [0.15, 0.2) is 48.0 Å². The van der Waals surface area contributed by atoms with E-state index in [0.29, 0.717) is 16.3 Å². The lowest BCUT2D eigenvalue weighted by atomic mass is 9.92. The van der Waals surface area contributed by atoms with E-state index < -0.39 is 17.7 Å². The van der Waals surface area contributed by atoms with E-state index in [-0.39, 0.29) is 16.7 Å². The first-order valence-corrected chi connectivity index (χ1v) is 7.43. The Kier molecular flexibility index (Phi) is 3.95. The van der Waals surface area contributed by atoms with Gasteiger partial charge in [0.05, 0.1) is 16.8 Å². The monoisotopic (exact) mass is 341 g/mol. The fraction of sp³-hybridized carbons (Fsp3) is 0.0556. The third kappa shape index (κ3) is 2.70. The summed E-state index contributed by atoms with van der Waals surface area (Å²) in [4.78, 5) is 37.6. The van der Waals surface area contributed by atoms with Crippen LogP contribution >= 0.6 is 11.6 Å². The van der Waals surface area contributed by atoms with Gasteiger partial charge in [-0.3, -0.25) is 9.59 Å². The molecule has 0 radical (unpaired) electrons. The number of halogens is 1. The summed E-state index contributed by atoms with van der Waals surface area (Å²) >= 11 is 5.83. The maximum absolute atomic E-state index is 12.7. The molecule has 1 aliphatic rings. The maximum Gasteiger partial charge on any atom is 0.335 e. The number of anilines is 1. The Bertz CT molecular complexity index is 900. The smallest absolute Gasteiger partial charge is 0.335 e. The Hall–Kier alpha value is -2.92. The van der Waals surface area contributed by atoms with Crippen LogP contribution in [0.2, 0.25) is 5.02 Å². The van der Waals surface area contributed by atoms with Crippen molar-refractivity contribution >= 4 is 41.0 Å². The Labute approximate surface area is 142 Å². The van der Waals surface area contributed by atoms with E-state index in [1.165, 1.54) is 29.2 Å². The fourth-order valence-corrected chi connectivity index (χ4v) is 2.65. The molecule has 2 aromatic rings. The molecule has 1 N–H and O–H groups in total. The second-order valence-electron chi connectivity index (χ2n) is 5.34. The number of benzene rings is 2. The van der Waals surface area contributed by atoms with Gasteiger partial charge in [-0.1, -0.05) is 23.7 Å². The lowest BCUT2D eigenvalue weighted by Gasteiger charge is -2.26. The van der Waals surface area contributed by atoms with E-state index in [9.17, 15) is 14.4 Å². The van der Waals surface area contributed by atoms with Gasteiger partial charge >= 0.3 is 5.97 Å². The zero-order chi connectivity index (χ0) is 17.4. The number of ketones is 1. The normalized spacial score (nSPS) is 15.6. The highest BCUT2D eigenvalue weighted by atomic mass is 35.5. The van der Waals surface area contributed by atoms with E-state index in [4.69, 9.17) is 16.7 Å². The van der Waals surface area contributed by atoms with Gasteiger partial charge < -0.3 is 10.0 Å².